The summed E-state index contributed by atoms with van der Waals surface area (Å²) >= 11 is 0. The lowest BCUT2D eigenvalue weighted by atomic mass is 9.97. The Balaban J connectivity index is 1.75. The van der Waals surface area contributed by atoms with Gasteiger partial charge in [-0.3, -0.25) is 4.79 Å². The number of fused-ring (bicyclic) bond motifs is 1. The Bertz CT molecular complexity index is 599. The quantitative estimate of drug-likeness (QED) is 0.899. The van der Waals surface area contributed by atoms with Gasteiger partial charge in [-0.2, -0.15) is 0 Å². The number of carbonyl (C=O) groups excluding carboxylic acids is 1. The Labute approximate surface area is 119 Å². The van der Waals surface area contributed by atoms with Crippen molar-refractivity contribution in [1.82, 2.24) is 15.2 Å². The van der Waals surface area contributed by atoms with E-state index in [1.165, 1.54) is 0 Å². The molecule has 0 saturated carbocycles. The van der Waals surface area contributed by atoms with E-state index >= 15 is 0 Å². The fourth-order valence-corrected chi connectivity index (χ4v) is 3.00. The fourth-order valence-electron chi connectivity index (χ4n) is 3.00. The highest BCUT2D eigenvalue weighted by atomic mass is 16.2. The molecule has 2 heterocycles. The molecule has 0 unspecified atom stereocenters. The average molecular weight is 271 g/mol. The summed E-state index contributed by atoms with van der Waals surface area (Å²) in [6, 6.07) is 7.87. The maximum atomic E-state index is 12.6. The van der Waals surface area contributed by atoms with E-state index in [0.717, 1.165) is 48.9 Å². The van der Waals surface area contributed by atoms with Gasteiger partial charge in [-0.1, -0.05) is 12.1 Å². The van der Waals surface area contributed by atoms with Gasteiger partial charge in [0.25, 0.3) is 5.91 Å². The number of aromatic amines is 1. The third-order valence-electron chi connectivity index (χ3n) is 4.16. The van der Waals surface area contributed by atoms with Crippen LogP contribution in [0.25, 0.3) is 10.9 Å². The third kappa shape index (κ3) is 2.56. The zero-order chi connectivity index (χ0) is 13.9. The van der Waals surface area contributed by atoms with Crippen LogP contribution in [0.5, 0.6) is 0 Å². The first-order chi connectivity index (χ1) is 9.75. The molecular weight excluding hydrogens is 250 g/mol. The van der Waals surface area contributed by atoms with Gasteiger partial charge in [0, 0.05) is 25.2 Å². The molecule has 3 rings (SSSR count). The van der Waals surface area contributed by atoms with E-state index in [-0.39, 0.29) is 5.91 Å². The van der Waals surface area contributed by atoms with E-state index in [2.05, 4.69) is 10.3 Å². The molecule has 0 atom stereocenters. The smallest absolute Gasteiger partial charge is 0.255 e. The Morgan fingerprint density at radius 2 is 2.10 bits per heavy atom. The maximum absolute atomic E-state index is 12.6. The Hall–Kier alpha value is -1.81. The molecule has 0 radical (unpaired) electrons. The molecule has 1 aromatic carbocycles. The minimum Gasteiger partial charge on any atom is -0.361 e. The molecule has 1 amide bonds. The highest BCUT2D eigenvalue weighted by Gasteiger charge is 2.20. The van der Waals surface area contributed by atoms with Crippen LogP contribution < -0.4 is 5.32 Å². The van der Waals surface area contributed by atoms with Gasteiger partial charge in [0.1, 0.15) is 0 Å². The number of para-hydroxylation sites is 1. The molecule has 1 saturated heterocycles. The number of aromatic nitrogens is 1. The van der Waals surface area contributed by atoms with Crippen LogP contribution in [0.4, 0.5) is 0 Å². The predicted molar refractivity (Wildman–Crippen MR) is 80.9 cm³/mol. The summed E-state index contributed by atoms with van der Waals surface area (Å²) < 4.78 is 0. The average Bonchev–Trinajstić information content (AvgIpc) is 2.96. The van der Waals surface area contributed by atoms with Gasteiger partial charge in [-0.15, -0.1) is 0 Å². The van der Waals surface area contributed by atoms with Crippen molar-refractivity contribution in [2.75, 3.05) is 26.7 Å². The van der Waals surface area contributed by atoms with Gasteiger partial charge in [0.2, 0.25) is 0 Å². The number of hydrogen-bond donors (Lipinski definition) is 2. The Kier molecular flexibility index (Phi) is 3.74. The van der Waals surface area contributed by atoms with Crippen molar-refractivity contribution < 1.29 is 4.79 Å². The van der Waals surface area contributed by atoms with Gasteiger partial charge in [0.15, 0.2) is 0 Å². The zero-order valence-electron chi connectivity index (χ0n) is 11.9. The van der Waals surface area contributed by atoms with E-state index in [0.29, 0.717) is 5.92 Å². The van der Waals surface area contributed by atoms with Gasteiger partial charge in [-0.25, -0.2) is 0 Å². The number of amides is 1. The molecule has 20 heavy (non-hydrogen) atoms. The molecule has 4 heteroatoms. The number of carbonyl (C=O) groups is 1. The summed E-state index contributed by atoms with van der Waals surface area (Å²) in [5, 5.41) is 4.45. The summed E-state index contributed by atoms with van der Waals surface area (Å²) in [6.45, 7) is 2.98. The summed E-state index contributed by atoms with van der Waals surface area (Å²) in [5.74, 6) is 0.727. The number of hydrogen-bond acceptors (Lipinski definition) is 2. The number of nitrogens with zero attached hydrogens (tertiary/aromatic N) is 1. The lowest BCUT2D eigenvalue weighted by Gasteiger charge is -2.27. The minimum absolute atomic E-state index is 0.108. The second-order valence-electron chi connectivity index (χ2n) is 5.63. The largest absolute Gasteiger partial charge is 0.361 e. The van der Waals surface area contributed by atoms with Crippen molar-refractivity contribution in [1.29, 1.82) is 0 Å². The van der Waals surface area contributed by atoms with Crippen LogP contribution in [-0.4, -0.2) is 42.5 Å². The minimum atomic E-state index is 0.108. The van der Waals surface area contributed by atoms with Crippen molar-refractivity contribution in [3.63, 3.8) is 0 Å². The lowest BCUT2D eigenvalue weighted by molar-refractivity contribution is 0.0764. The molecule has 2 aromatic rings. The molecular formula is C16H21N3O. The van der Waals surface area contributed by atoms with Crippen LogP contribution >= 0.6 is 0 Å². The fraction of sp³-hybridized carbons (Fsp3) is 0.438. The molecule has 0 spiro atoms. The summed E-state index contributed by atoms with van der Waals surface area (Å²) in [5.41, 5.74) is 1.71. The van der Waals surface area contributed by atoms with E-state index in [4.69, 9.17) is 0 Å². The van der Waals surface area contributed by atoms with Crippen molar-refractivity contribution in [2.45, 2.75) is 12.8 Å². The second-order valence-corrected chi connectivity index (χ2v) is 5.63. The molecule has 0 bridgehead atoms. The maximum Gasteiger partial charge on any atom is 0.255 e. The number of rotatable bonds is 3. The molecule has 1 aromatic heterocycles. The van der Waals surface area contributed by atoms with Gasteiger partial charge in [0.05, 0.1) is 11.1 Å². The zero-order valence-corrected chi connectivity index (χ0v) is 11.9. The third-order valence-corrected chi connectivity index (χ3v) is 4.16. The van der Waals surface area contributed by atoms with Crippen LogP contribution in [0.1, 0.15) is 23.2 Å². The van der Waals surface area contributed by atoms with Crippen molar-refractivity contribution in [3.05, 3.63) is 36.0 Å². The van der Waals surface area contributed by atoms with Crippen molar-refractivity contribution in [2.24, 2.45) is 5.92 Å². The molecule has 1 aliphatic rings. The van der Waals surface area contributed by atoms with Gasteiger partial charge >= 0.3 is 0 Å². The van der Waals surface area contributed by atoms with Crippen LogP contribution in [0.15, 0.2) is 30.5 Å². The van der Waals surface area contributed by atoms with E-state index in [1.807, 2.05) is 42.4 Å². The first kappa shape index (κ1) is 13.2. The highest BCUT2D eigenvalue weighted by molar-refractivity contribution is 6.05. The molecule has 1 aliphatic heterocycles. The monoisotopic (exact) mass is 271 g/mol. The van der Waals surface area contributed by atoms with Gasteiger partial charge < -0.3 is 15.2 Å². The van der Waals surface area contributed by atoms with Crippen molar-refractivity contribution >= 4 is 16.8 Å². The molecule has 106 valence electrons. The first-order valence-electron chi connectivity index (χ1n) is 7.28. The standard InChI is InChI=1S/C16H21N3O/c1-19(11-12-5-8-17-9-6-12)16(20)14-4-2-3-13-7-10-18-15(13)14/h2-4,7,10,12,17-18H,5-6,8-9,11H2,1H3. The molecule has 0 aliphatic carbocycles. The summed E-state index contributed by atoms with van der Waals surface area (Å²) in [7, 11) is 1.91. The lowest BCUT2D eigenvalue weighted by Crippen LogP contribution is -2.37. The first-order valence-corrected chi connectivity index (χ1v) is 7.28. The molecule has 4 nitrogen and oxygen atoms in total. The van der Waals surface area contributed by atoms with Crippen LogP contribution in [-0.2, 0) is 0 Å². The molecule has 1 fully saturated rings. The topological polar surface area (TPSA) is 48.1 Å². The van der Waals surface area contributed by atoms with Crippen molar-refractivity contribution in [3.8, 4) is 0 Å². The number of piperidine rings is 1. The Morgan fingerprint density at radius 1 is 1.30 bits per heavy atom. The van der Waals surface area contributed by atoms with Crippen LogP contribution in [0.3, 0.4) is 0 Å². The van der Waals surface area contributed by atoms with Gasteiger partial charge in [-0.05, 0) is 44.0 Å². The van der Waals surface area contributed by atoms with E-state index in [9.17, 15) is 4.79 Å². The SMILES string of the molecule is CN(CC1CCNCC1)C(=O)c1cccc2cc[nH]c12. The Morgan fingerprint density at radius 3 is 2.90 bits per heavy atom. The number of benzene rings is 1. The second kappa shape index (κ2) is 5.67. The number of H-pyrrole nitrogens is 1. The predicted octanol–water partition coefficient (Wildman–Crippen LogP) is 2.24. The van der Waals surface area contributed by atoms with Crippen LogP contribution in [0, 0.1) is 5.92 Å². The summed E-state index contributed by atoms with van der Waals surface area (Å²) in [4.78, 5) is 17.7. The number of nitrogens with one attached hydrogen (secondary N) is 2. The van der Waals surface area contributed by atoms with E-state index < -0.39 is 0 Å². The normalized spacial score (nSPS) is 16.4. The van der Waals surface area contributed by atoms with Crippen LogP contribution in [0.2, 0.25) is 0 Å². The summed E-state index contributed by atoms with van der Waals surface area (Å²) in [6.07, 6.45) is 4.20. The molecule has 2 N–H and O–H groups in total. The highest BCUT2D eigenvalue weighted by Crippen LogP contribution is 2.20. The van der Waals surface area contributed by atoms with E-state index in [1.54, 1.807) is 0 Å².